The van der Waals surface area contributed by atoms with E-state index >= 15 is 0 Å². The first-order chi connectivity index (χ1) is 17.2. The van der Waals surface area contributed by atoms with E-state index in [0.717, 1.165) is 22.5 Å². The molecule has 0 aliphatic heterocycles. The smallest absolute Gasteiger partial charge is 0.272 e. The molecule has 6 heteroatoms. The molecule has 3 fully saturated rings. The number of aromatic nitrogens is 2. The largest absolute Gasteiger partial charge is 0.347 e. The van der Waals surface area contributed by atoms with Gasteiger partial charge in [0.1, 0.15) is 0 Å². The van der Waals surface area contributed by atoms with Gasteiger partial charge in [-0.2, -0.15) is 5.10 Å². The normalized spacial score (nSPS) is 27.2. The number of hydrogen-bond donors (Lipinski definition) is 1. The minimum Gasteiger partial charge on any atom is -0.347 e. The maximum atomic E-state index is 13.9. The van der Waals surface area contributed by atoms with Crippen LogP contribution < -0.4 is 5.32 Å². The Morgan fingerprint density at radius 1 is 1.08 bits per heavy atom. The molecule has 2 bridgehead atoms. The lowest BCUT2D eigenvalue weighted by atomic mass is 9.68. The van der Waals surface area contributed by atoms with E-state index in [1.165, 1.54) is 43.2 Å². The number of amides is 1. The summed E-state index contributed by atoms with van der Waals surface area (Å²) in [6.45, 7) is 6.98. The van der Waals surface area contributed by atoms with E-state index in [1.807, 2.05) is 16.8 Å². The van der Waals surface area contributed by atoms with Crippen LogP contribution in [-0.4, -0.2) is 21.7 Å². The molecule has 4 aliphatic rings. The first kappa shape index (κ1) is 22.9. The number of hydrogen-bond acceptors (Lipinski definition) is 2. The Bertz CT molecular complexity index is 1430. The van der Waals surface area contributed by atoms with Gasteiger partial charge < -0.3 is 5.32 Å². The first-order valence-corrected chi connectivity index (χ1v) is 13.9. The van der Waals surface area contributed by atoms with Crippen LogP contribution in [0.2, 0.25) is 10.0 Å². The topological polar surface area (TPSA) is 46.9 Å². The van der Waals surface area contributed by atoms with Crippen molar-refractivity contribution < 1.29 is 4.79 Å². The van der Waals surface area contributed by atoms with Crippen LogP contribution in [0, 0.1) is 16.7 Å². The Hall–Kier alpha value is -2.30. The Kier molecular flexibility index (Phi) is 4.83. The second kappa shape index (κ2) is 7.61. The number of halogens is 2. The van der Waals surface area contributed by atoms with E-state index in [9.17, 15) is 4.79 Å². The van der Waals surface area contributed by atoms with Crippen LogP contribution in [0.3, 0.4) is 0 Å². The van der Waals surface area contributed by atoms with Crippen LogP contribution in [0.4, 0.5) is 0 Å². The fourth-order valence-corrected chi connectivity index (χ4v) is 8.11. The summed E-state index contributed by atoms with van der Waals surface area (Å²) in [7, 11) is 0. The predicted octanol–water partition coefficient (Wildman–Crippen LogP) is 7.57. The van der Waals surface area contributed by atoms with Crippen LogP contribution in [-0.2, 0) is 6.42 Å². The van der Waals surface area contributed by atoms with Gasteiger partial charge >= 0.3 is 0 Å². The standard InChI is InChI=1S/C30H31Cl2N3O/c1-29(2)19-10-11-30(3,15-19)28(29)33-27(36)25-22-13-18-12-17(16-4-5-16)6-8-21(18)26(22)35(34-25)24-9-7-20(31)14-23(24)32/h6-9,12,14,16,19,28H,4-5,10-11,13,15H2,1-3H3,(H,33,36)/t19?,28?,30-/m0/s1. The van der Waals surface area contributed by atoms with E-state index in [2.05, 4.69) is 44.3 Å². The number of carbonyl (C=O) groups is 1. The summed E-state index contributed by atoms with van der Waals surface area (Å²) in [5.74, 6) is 1.27. The molecule has 7 rings (SSSR count). The number of nitrogens with zero attached hydrogens (tertiary/aromatic N) is 2. The Balaban J connectivity index is 1.33. The molecule has 2 aromatic carbocycles. The third kappa shape index (κ3) is 3.26. The van der Waals surface area contributed by atoms with Gasteiger partial charge in [0.25, 0.3) is 5.91 Å². The van der Waals surface area contributed by atoms with E-state index in [-0.39, 0.29) is 22.8 Å². The zero-order chi connectivity index (χ0) is 25.0. The minimum atomic E-state index is -0.0721. The fraction of sp³-hybridized carbons (Fsp3) is 0.467. The molecule has 2 unspecified atom stereocenters. The second-order valence-corrected chi connectivity index (χ2v) is 13.2. The highest BCUT2D eigenvalue weighted by molar-refractivity contribution is 6.35. The summed E-state index contributed by atoms with van der Waals surface area (Å²) in [6, 6.07) is 12.4. The van der Waals surface area contributed by atoms with Crippen molar-refractivity contribution in [2.24, 2.45) is 16.7 Å². The van der Waals surface area contributed by atoms with Gasteiger partial charge in [-0.05, 0) is 84.1 Å². The number of rotatable bonds is 4. The summed E-state index contributed by atoms with van der Waals surface area (Å²) in [5, 5.41) is 9.48. The van der Waals surface area contributed by atoms with E-state index in [1.54, 1.807) is 6.07 Å². The lowest BCUT2D eigenvalue weighted by Gasteiger charge is -2.43. The van der Waals surface area contributed by atoms with Gasteiger partial charge in [0, 0.05) is 28.6 Å². The quantitative estimate of drug-likeness (QED) is 0.302. The number of benzene rings is 2. The van der Waals surface area contributed by atoms with E-state index < -0.39 is 0 Å². The van der Waals surface area contributed by atoms with Gasteiger partial charge in [-0.3, -0.25) is 4.79 Å². The van der Waals surface area contributed by atoms with Crippen LogP contribution >= 0.6 is 23.2 Å². The number of fused-ring (bicyclic) bond motifs is 5. The minimum absolute atomic E-state index is 0.0721. The molecule has 3 saturated carbocycles. The fourth-order valence-electron chi connectivity index (χ4n) is 7.62. The third-order valence-corrected chi connectivity index (χ3v) is 10.2. The van der Waals surface area contributed by atoms with Gasteiger partial charge in [0.05, 0.1) is 16.4 Å². The van der Waals surface area contributed by atoms with Crippen LogP contribution in [0.1, 0.15) is 86.0 Å². The highest BCUT2D eigenvalue weighted by Gasteiger charge is 2.59. The molecular formula is C30H31Cl2N3O. The van der Waals surface area contributed by atoms with Crippen molar-refractivity contribution in [3.05, 3.63) is 68.8 Å². The molecule has 0 radical (unpaired) electrons. The zero-order valence-corrected chi connectivity index (χ0v) is 22.5. The molecule has 186 valence electrons. The molecular weight excluding hydrogens is 489 g/mol. The van der Waals surface area contributed by atoms with Crippen molar-refractivity contribution in [2.45, 2.75) is 71.3 Å². The van der Waals surface area contributed by atoms with Gasteiger partial charge in [-0.1, -0.05) is 62.2 Å². The van der Waals surface area contributed by atoms with Crippen molar-refractivity contribution in [2.75, 3.05) is 0 Å². The monoisotopic (exact) mass is 519 g/mol. The SMILES string of the molecule is CC1(C)C2CC[C@@](C)(C2)C1NC(=O)c1nn(-c2ccc(Cl)cc2Cl)c2c1Cc1cc(C3CC3)ccc1-2. The Morgan fingerprint density at radius 3 is 2.58 bits per heavy atom. The maximum Gasteiger partial charge on any atom is 0.272 e. The average molecular weight is 521 g/mol. The van der Waals surface area contributed by atoms with Crippen molar-refractivity contribution >= 4 is 29.1 Å². The molecule has 0 saturated heterocycles. The van der Waals surface area contributed by atoms with Crippen molar-refractivity contribution in [1.29, 1.82) is 0 Å². The Morgan fingerprint density at radius 2 is 1.89 bits per heavy atom. The first-order valence-electron chi connectivity index (χ1n) is 13.2. The lowest BCUT2D eigenvalue weighted by Crippen LogP contribution is -2.52. The van der Waals surface area contributed by atoms with Crippen molar-refractivity contribution in [3.8, 4) is 16.9 Å². The summed E-state index contributed by atoms with van der Waals surface area (Å²) >= 11 is 12.8. The van der Waals surface area contributed by atoms with E-state index in [0.29, 0.717) is 34.0 Å². The summed E-state index contributed by atoms with van der Waals surface area (Å²) in [5.41, 5.74) is 7.27. The summed E-state index contributed by atoms with van der Waals surface area (Å²) in [6.07, 6.45) is 6.87. The molecule has 1 N–H and O–H groups in total. The van der Waals surface area contributed by atoms with Crippen LogP contribution in [0.5, 0.6) is 0 Å². The zero-order valence-electron chi connectivity index (χ0n) is 21.0. The van der Waals surface area contributed by atoms with Crippen LogP contribution in [0.25, 0.3) is 16.9 Å². The lowest BCUT2D eigenvalue weighted by molar-refractivity contribution is 0.0732. The molecule has 4 aliphatic carbocycles. The van der Waals surface area contributed by atoms with Crippen LogP contribution in [0.15, 0.2) is 36.4 Å². The van der Waals surface area contributed by atoms with Gasteiger partial charge in [-0.15, -0.1) is 0 Å². The molecule has 3 aromatic rings. The molecule has 4 nitrogen and oxygen atoms in total. The highest BCUT2D eigenvalue weighted by Crippen LogP contribution is 2.62. The number of carbonyl (C=O) groups excluding carboxylic acids is 1. The third-order valence-electron chi connectivity index (χ3n) is 9.68. The number of nitrogens with one attached hydrogen (secondary N) is 1. The van der Waals surface area contributed by atoms with Gasteiger partial charge in [0.2, 0.25) is 0 Å². The van der Waals surface area contributed by atoms with Crippen molar-refractivity contribution in [1.82, 2.24) is 15.1 Å². The molecule has 3 atom stereocenters. The maximum absolute atomic E-state index is 13.9. The molecule has 36 heavy (non-hydrogen) atoms. The van der Waals surface area contributed by atoms with Crippen molar-refractivity contribution in [3.63, 3.8) is 0 Å². The Labute approximate surface area is 222 Å². The summed E-state index contributed by atoms with van der Waals surface area (Å²) < 4.78 is 1.86. The summed E-state index contributed by atoms with van der Waals surface area (Å²) in [4.78, 5) is 13.9. The van der Waals surface area contributed by atoms with E-state index in [4.69, 9.17) is 28.3 Å². The highest BCUT2D eigenvalue weighted by atomic mass is 35.5. The molecule has 1 aromatic heterocycles. The average Bonchev–Trinajstić information content (AvgIpc) is 3.28. The molecule has 1 amide bonds. The molecule has 1 heterocycles. The predicted molar refractivity (Wildman–Crippen MR) is 144 cm³/mol. The van der Waals surface area contributed by atoms with Gasteiger partial charge in [0.15, 0.2) is 5.69 Å². The second-order valence-electron chi connectivity index (χ2n) is 12.4. The van der Waals surface area contributed by atoms with Gasteiger partial charge in [-0.25, -0.2) is 4.68 Å². The molecule has 0 spiro atoms.